The van der Waals surface area contributed by atoms with Crippen molar-refractivity contribution in [3.05, 3.63) is 88.1 Å². The number of ether oxygens (including phenoxy) is 1. The fraction of sp³-hybridized carbons (Fsp3) is 0.308. The Kier molecular flexibility index (Phi) is 7.75. The van der Waals surface area contributed by atoms with Crippen LogP contribution in [0.1, 0.15) is 33.8 Å². The summed E-state index contributed by atoms with van der Waals surface area (Å²) in [5.74, 6) is -0.433. The molecule has 1 aromatic heterocycles. The maximum Gasteiger partial charge on any atom is 0.262 e. The lowest BCUT2D eigenvalue weighted by Crippen LogP contribution is -2.48. The van der Waals surface area contributed by atoms with E-state index in [1.54, 1.807) is 6.07 Å². The molecule has 2 heterocycles. The molecule has 1 aliphatic rings. The van der Waals surface area contributed by atoms with Crippen molar-refractivity contribution in [2.75, 3.05) is 31.2 Å². The summed E-state index contributed by atoms with van der Waals surface area (Å²) in [6.07, 6.45) is 0.423. The number of carbonyl (C=O) groups excluding carboxylic acids is 2. The van der Waals surface area contributed by atoms with E-state index in [9.17, 15) is 9.59 Å². The zero-order valence-electron chi connectivity index (χ0n) is 18.7. The standard InChI is InChI=1S/C26H29N3O3S/c1-19(21-9-11-22(12-10-21)29-13-15-32-16-14-29)27-25(30)23(18-20-6-3-2-4-7-20)28-26(31)24-8-5-17-33-24/h2-12,17,19,23H,13-16,18H2,1H3,(H,27,30)(H,28,31)/t19-,23+/m1/s1. The predicted octanol–water partition coefficient (Wildman–Crippen LogP) is 3.80. The van der Waals surface area contributed by atoms with Gasteiger partial charge in [-0.2, -0.15) is 0 Å². The molecular weight excluding hydrogens is 434 g/mol. The average molecular weight is 464 g/mol. The second-order valence-corrected chi connectivity index (χ2v) is 9.06. The molecule has 0 aliphatic carbocycles. The number of benzene rings is 2. The van der Waals surface area contributed by atoms with Crippen LogP contribution < -0.4 is 15.5 Å². The summed E-state index contributed by atoms with van der Waals surface area (Å²) in [5.41, 5.74) is 3.17. The zero-order valence-corrected chi connectivity index (χ0v) is 19.5. The SMILES string of the molecule is C[C@@H](NC(=O)[C@H](Cc1ccccc1)NC(=O)c1cccs1)c1ccc(N2CCOCC2)cc1. The van der Waals surface area contributed by atoms with Gasteiger partial charge in [-0.1, -0.05) is 48.5 Å². The minimum absolute atomic E-state index is 0.187. The summed E-state index contributed by atoms with van der Waals surface area (Å²) in [7, 11) is 0. The Labute approximate surface area is 198 Å². The van der Waals surface area contributed by atoms with E-state index in [-0.39, 0.29) is 17.9 Å². The molecule has 3 aromatic rings. The van der Waals surface area contributed by atoms with Crippen LogP contribution in [0.4, 0.5) is 5.69 Å². The number of anilines is 1. The van der Waals surface area contributed by atoms with Gasteiger partial charge in [-0.05, 0) is 41.6 Å². The van der Waals surface area contributed by atoms with E-state index in [0.717, 1.165) is 43.1 Å². The smallest absolute Gasteiger partial charge is 0.262 e. The second-order valence-electron chi connectivity index (χ2n) is 8.11. The first-order valence-corrected chi connectivity index (χ1v) is 12.1. The number of thiophene rings is 1. The molecule has 33 heavy (non-hydrogen) atoms. The van der Waals surface area contributed by atoms with Gasteiger partial charge in [0.15, 0.2) is 0 Å². The van der Waals surface area contributed by atoms with Crippen LogP contribution in [-0.2, 0) is 16.0 Å². The van der Waals surface area contributed by atoms with Crippen molar-refractivity contribution in [3.8, 4) is 0 Å². The van der Waals surface area contributed by atoms with Gasteiger partial charge in [-0.15, -0.1) is 11.3 Å². The molecule has 2 aromatic carbocycles. The molecule has 172 valence electrons. The highest BCUT2D eigenvalue weighted by Gasteiger charge is 2.24. The molecule has 7 heteroatoms. The van der Waals surface area contributed by atoms with Gasteiger partial charge in [-0.3, -0.25) is 9.59 Å². The molecule has 0 bridgehead atoms. The summed E-state index contributed by atoms with van der Waals surface area (Å²) in [6.45, 7) is 5.22. The number of nitrogens with one attached hydrogen (secondary N) is 2. The van der Waals surface area contributed by atoms with E-state index in [1.807, 2.05) is 60.8 Å². The van der Waals surface area contributed by atoms with Crippen LogP contribution in [0, 0.1) is 0 Å². The van der Waals surface area contributed by atoms with E-state index >= 15 is 0 Å². The molecule has 2 atom stereocenters. The summed E-state index contributed by atoms with van der Waals surface area (Å²) >= 11 is 1.36. The van der Waals surface area contributed by atoms with Gasteiger partial charge in [0.2, 0.25) is 5.91 Å². The summed E-state index contributed by atoms with van der Waals surface area (Å²) in [5, 5.41) is 7.85. The minimum Gasteiger partial charge on any atom is -0.378 e. The third-order valence-electron chi connectivity index (χ3n) is 5.78. The molecule has 1 aliphatic heterocycles. The Bertz CT molecular complexity index is 1030. The maximum atomic E-state index is 13.2. The van der Waals surface area contributed by atoms with Gasteiger partial charge in [0, 0.05) is 25.2 Å². The van der Waals surface area contributed by atoms with E-state index in [4.69, 9.17) is 4.74 Å². The molecule has 2 amide bonds. The van der Waals surface area contributed by atoms with Crippen molar-refractivity contribution in [2.45, 2.75) is 25.4 Å². The fourth-order valence-corrected chi connectivity index (χ4v) is 4.52. The topological polar surface area (TPSA) is 70.7 Å². The molecule has 0 saturated carbocycles. The Morgan fingerprint density at radius 1 is 0.970 bits per heavy atom. The van der Waals surface area contributed by atoms with Crippen molar-refractivity contribution in [2.24, 2.45) is 0 Å². The molecule has 2 N–H and O–H groups in total. The molecule has 6 nitrogen and oxygen atoms in total. The minimum atomic E-state index is -0.669. The first kappa shape index (κ1) is 23.0. The predicted molar refractivity (Wildman–Crippen MR) is 132 cm³/mol. The highest BCUT2D eigenvalue weighted by Crippen LogP contribution is 2.20. The molecule has 0 unspecified atom stereocenters. The lowest BCUT2D eigenvalue weighted by atomic mass is 10.0. The number of rotatable bonds is 8. The summed E-state index contributed by atoms with van der Waals surface area (Å²) < 4.78 is 5.42. The third kappa shape index (κ3) is 6.21. The monoisotopic (exact) mass is 463 g/mol. The average Bonchev–Trinajstić information content (AvgIpc) is 3.40. The van der Waals surface area contributed by atoms with Crippen molar-refractivity contribution >= 4 is 28.8 Å². The van der Waals surface area contributed by atoms with Crippen molar-refractivity contribution in [1.82, 2.24) is 10.6 Å². The number of hydrogen-bond donors (Lipinski definition) is 2. The van der Waals surface area contributed by atoms with Gasteiger partial charge in [0.25, 0.3) is 5.91 Å². The van der Waals surface area contributed by atoms with Gasteiger partial charge >= 0.3 is 0 Å². The van der Waals surface area contributed by atoms with Crippen LogP contribution in [0.15, 0.2) is 72.1 Å². The van der Waals surface area contributed by atoms with Gasteiger partial charge < -0.3 is 20.3 Å². The van der Waals surface area contributed by atoms with Crippen LogP contribution in [0.3, 0.4) is 0 Å². The Hall–Kier alpha value is -3.16. The lowest BCUT2D eigenvalue weighted by Gasteiger charge is -2.29. The molecule has 1 saturated heterocycles. The van der Waals surface area contributed by atoms with Gasteiger partial charge in [-0.25, -0.2) is 0 Å². The van der Waals surface area contributed by atoms with E-state index in [1.165, 1.54) is 11.3 Å². The van der Waals surface area contributed by atoms with E-state index < -0.39 is 6.04 Å². The molecule has 0 radical (unpaired) electrons. The number of nitrogens with zero attached hydrogens (tertiary/aromatic N) is 1. The van der Waals surface area contributed by atoms with E-state index in [2.05, 4.69) is 27.7 Å². The largest absolute Gasteiger partial charge is 0.378 e. The van der Waals surface area contributed by atoms with Crippen molar-refractivity contribution in [3.63, 3.8) is 0 Å². The highest BCUT2D eigenvalue weighted by atomic mass is 32.1. The number of carbonyl (C=O) groups is 2. The Morgan fingerprint density at radius 3 is 2.36 bits per heavy atom. The van der Waals surface area contributed by atoms with Crippen LogP contribution in [0.25, 0.3) is 0 Å². The summed E-state index contributed by atoms with van der Waals surface area (Å²) in [4.78, 5) is 28.8. The van der Waals surface area contributed by atoms with Crippen LogP contribution in [0.5, 0.6) is 0 Å². The zero-order chi connectivity index (χ0) is 23.0. The van der Waals surface area contributed by atoms with E-state index in [0.29, 0.717) is 11.3 Å². The van der Waals surface area contributed by atoms with Gasteiger partial charge in [0.1, 0.15) is 6.04 Å². The lowest BCUT2D eigenvalue weighted by molar-refractivity contribution is -0.123. The van der Waals surface area contributed by atoms with Crippen LogP contribution >= 0.6 is 11.3 Å². The van der Waals surface area contributed by atoms with Crippen molar-refractivity contribution in [1.29, 1.82) is 0 Å². The Balaban J connectivity index is 1.43. The first-order chi connectivity index (χ1) is 16.1. The molecule has 0 spiro atoms. The molecular formula is C26H29N3O3S. The summed E-state index contributed by atoms with van der Waals surface area (Å²) in [6, 6.07) is 20.7. The fourth-order valence-electron chi connectivity index (χ4n) is 3.89. The van der Waals surface area contributed by atoms with Crippen LogP contribution in [0.2, 0.25) is 0 Å². The normalized spacial score (nSPS) is 15.5. The number of amides is 2. The van der Waals surface area contributed by atoms with Crippen molar-refractivity contribution < 1.29 is 14.3 Å². The quantitative estimate of drug-likeness (QED) is 0.533. The molecule has 1 fully saturated rings. The first-order valence-electron chi connectivity index (χ1n) is 11.2. The number of hydrogen-bond acceptors (Lipinski definition) is 5. The number of morpholine rings is 1. The van der Waals surface area contributed by atoms with Crippen LogP contribution in [-0.4, -0.2) is 44.2 Å². The molecule has 4 rings (SSSR count). The maximum absolute atomic E-state index is 13.2. The highest BCUT2D eigenvalue weighted by molar-refractivity contribution is 7.12. The van der Waals surface area contributed by atoms with Gasteiger partial charge in [0.05, 0.1) is 24.1 Å². The third-order valence-corrected chi connectivity index (χ3v) is 6.65. The second kappa shape index (κ2) is 11.1. The Morgan fingerprint density at radius 2 is 1.70 bits per heavy atom.